The average Bonchev–Trinajstić information content (AvgIpc) is 2.06. The molecule has 0 saturated carbocycles. The molecule has 0 heterocycles. The first kappa shape index (κ1) is 10.9. The molecule has 0 fully saturated rings. The highest BCUT2D eigenvalue weighted by atomic mass is 16.5. The molecule has 0 bridgehead atoms. The lowest BCUT2D eigenvalue weighted by Crippen LogP contribution is -2.09. The third-order valence-corrected chi connectivity index (χ3v) is 2.01. The number of rotatable bonds is 2. The van der Waals surface area contributed by atoms with Crippen molar-refractivity contribution in [3.8, 4) is 11.5 Å². The van der Waals surface area contributed by atoms with Crippen LogP contribution in [0.4, 0.5) is 0 Å². The van der Waals surface area contributed by atoms with Gasteiger partial charge in [-0.3, -0.25) is 0 Å². The average molecular weight is 194 g/mol. The predicted octanol–water partition coefficient (Wildman–Crippen LogP) is 2.99. The molecule has 0 unspecified atom stereocenters. The highest BCUT2D eigenvalue weighted by Gasteiger charge is 2.14. The van der Waals surface area contributed by atoms with Crippen LogP contribution in [0, 0.1) is 5.41 Å². The fourth-order valence-corrected chi connectivity index (χ4v) is 1.40. The molecule has 0 aromatic heterocycles. The van der Waals surface area contributed by atoms with Crippen molar-refractivity contribution in [3.05, 3.63) is 23.8 Å². The van der Waals surface area contributed by atoms with Crippen LogP contribution in [0.2, 0.25) is 0 Å². The van der Waals surface area contributed by atoms with Crippen molar-refractivity contribution in [1.29, 1.82) is 0 Å². The van der Waals surface area contributed by atoms with E-state index in [1.54, 1.807) is 19.2 Å². The zero-order chi connectivity index (χ0) is 10.8. The molecule has 0 radical (unpaired) electrons. The molecule has 1 N–H and O–H groups in total. The van der Waals surface area contributed by atoms with Crippen LogP contribution in [0.15, 0.2) is 18.2 Å². The molecule has 1 aromatic carbocycles. The first-order valence-electron chi connectivity index (χ1n) is 4.78. The lowest BCUT2D eigenvalue weighted by molar-refractivity contribution is 0.387. The Morgan fingerprint density at radius 3 is 2.43 bits per heavy atom. The van der Waals surface area contributed by atoms with Crippen LogP contribution in [-0.4, -0.2) is 12.2 Å². The Morgan fingerprint density at radius 1 is 1.29 bits per heavy atom. The lowest BCUT2D eigenvalue weighted by Gasteiger charge is -2.19. The largest absolute Gasteiger partial charge is 0.508 e. The van der Waals surface area contributed by atoms with E-state index >= 15 is 0 Å². The molecule has 0 aliphatic heterocycles. The summed E-state index contributed by atoms with van der Waals surface area (Å²) in [6.07, 6.45) is 0.843. The summed E-state index contributed by atoms with van der Waals surface area (Å²) in [6, 6.07) is 5.34. The topological polar surface area (TPSA) is 29.5 Å². The molecule has 1 aromatic rings. The molecule has 14 heavy (non-hydrogen) atoms. The second-order valence-electron chi connectivity index (χ2n) is 4.73. The number of benzene rings is 1. The quantitative estimate of drug-likeness (QED) is 0.784. The van der Waals surface area contributed by atoms with Crippen molar-refractivity contribution >= 4 is 0 Å². The van der Waals surface area contributed by atoms with Gasteiger partial charge < -0.3 is 9.84 Å². The minimum absolute atomic E-state index is 0.170. The monoisotopic (exact) mass is 194 g/mol. The summed E-state index contributed by atoms with van der Waals surface area (Å²) in [5.74, 6) is 1.14. The Balaban J connectivity index is 2.95. The first-order valence-corrected chi connectivity index (χ1v) is 4.78. The number of ether oxygens (including phenoxy) is 1. The molecule has 0 atom stereocenters. The zero-order valence-corrected chi connectivity index (χ0v) is 9.29. The maximum absolute atomic E-state index is 9.64. The standard InChI is InChI=1S/C12H18O2/c1-12(2,3)8-9-7-10(14-4)5-6-11(9)13/h5-7,13H,8H2,1-4H3. The van der Waals surface area contributed by atoms with Gasteiger partial charge >= 0.3 is 0 Å². The van der Waals surface area contributed by atoms with Gasteiger partial charge in [-0.25, -0.2) is 0 Å². The SMILES string of the molecule is COc1ccc(O)c(CC(C)(C)C)c1. The number of methoxy groups -OCH3 is 1. The summed E-state index contributed by atoms with van der Waals surface area (Å²) in [6.45, 7) is 6.43. The van der Waals surface area contributed by atoms with E-state index in [0.717, 1.165) is 17.7 Å². The maximum atomic E-state index is 9.64. The fourth-order valence-electron chi connectivity index (χ4n) is 1.40. The number of phenols is 1. The van der Waals surface area contributed by atoms with E-state index in [1.165, 1.54) is 0 Å². The van der Waals surface area contributed by atoms with Gasteiger partial charge in [0.1, 0.15) is 11.5 Å². The minimum Gasteiger partial charge on any atom is -0.508 e. The Labute approximate surface area is 85.5 Å². The minimum atomic E-state index is 0.170. The Hall–Kier alpha value is -1.18. The second kappa shape index (κ2) is 3.91. The summed E-state index contributed by atoms with van der Waals surface area (Å²) >= 11 is 0. The Morgan fingerprint density at radius 2 is 1.93 bits per heavy atom. The molecular formula is C12H18O2. The van der Waals surface area contributed by atoms with Gasteiger partial charge in [-0.05, 0) is 35.6 Å². The third kappa shape index (κ3) is 2.95. The van der Waals surface area contributed by atoms with Crippen LogP contribution in [0.1, 0.15) is 26.3 Å². The molecule has 0 aliphatic rings. The highest BCUT2D eigenvalue weighted by Crippen LogP contribution is 2.29. The van der Waals surface area contributed by atoms with E-state index in [0.29, 0.717) is 5.75 Å². The summed E-state index contributed by atoms with van der Waals surface area (Å²) < 4.78 is 5.11. The molecule has 0 amide bonds. The van der Waals surface area contributed by atoms with E-state index in [4.69, 9.17) is 4.74 Å². The van der Waals surface area contributed by atoms with E-state index in [1.807, 2.05) is 6.07 Å². The molecule has 78 valence electrons. The van der Waals surface area contributed by atoms with Gasteiger partial charge in [0.25, 0.3) is 0 Å². The van der Waals surface area contributed by atoms with Crippen LogP contribution in [0.3, 0.4) is 0 Å². The maximum Gasteiger partial charge on any atom is 0.119 e. The normalized spacial score (nSPS) is 11.4. The van der Waals surface area contributed by atoms with Crippen LogP contribution in [-0.2, 0) is 6.42 Å². The summed E-state index contributed by atoms with van der Waals surface area (Å²) in [4.78, 5) is 0. The van der Waals surface area contributed by atoms with Crippen molar-refractivity contribution in [2.45, 2.75) is 27.2 Å². The Kier molecular flexibility index (Phi) is 3.04. The van der Waals surface area contributed by atoms with Crippen LogP contribution in [0.5, 0.6) is 11.5 Å². The van der Waals surface area contributed by atoms with Crippen molar-refractivity contribution in [2.24, 2.45) is 5.41 Å². The second-order valence-corrected chi connectivity index (χ2v) is 4.73. The van der Waals surface area contributed by atoms with E-state index < -0.39 is 0 Å². The van der Waals surface area contributed by atoms with Gasteiger partial charge in [0, 0.05) is 0 Å². The smallest absolute Gasteiger partial charge is 0.119 e. The molecular weight excluding hydrogens is 176 g/mol. The number of hydrogen-bond acceptors (Lipinski definition) is 2. The number of aromatic hydroxyl groups is 1. The van der Waals surface area contributed by atoms with Crippen molar-refractivity contribution in [1.82, 2.24) is 0 Å². The molecule has 0 saturated heterocycles. The van der Waals surface area contributed by atoms with Crippen molar-refractivity contribution < 1.29 is 9.84 Å². The van der Waals surface area contributed by atoms with Crippen LogP contribution < -0.4 is 4.74 Å². The molecule has 2 heteroatoms. The number of phenolic OH excluding ortho intramolecular Hbond substituents is 1. The summed E-state index contributed by atoms with van der Waals surface area (Å²) in [5.41, 5.74) is 1.11. The van der Waals surface area contributed by atoms with E-state index in [2.05, 4.69) is 20.8 Å². The molecule has 2 nitrogen and oxygen atoms in total. The summed E-state index contributed by atoms with van der Waals surface area (Å²) in [7, 11) is 1.63. The third-order valence-electron chi connectivity index (χ3n) is 2.01. The fraction of sp³-hybridized carbons (Fsp3) is 0.500. The van der Waals surface area contributed by atoms with Gasteiger partial charge in [-0.15, -0.1) is 0 Å². The van der Waals surface area contributed by atoms with Gasteiger partial charge in [0.2, 0.25) is 0 Å². The molecule has 0 spiro atoms. The first-order chi connectivity index (χ1) is 6.42. The van der Waals surface area contributed by atoms with Crippen LogP contribution in [0.25, 0.3) is 0 Å². The van der Waals surface area contributed by atoms with Gasteiger partial charge in [-0.2, -0.15) is 0 Å². The highest BCUT2D eigenvalue weighted by molar-refractivity contribution is 5.39. The van der Waals surface area contributed by atoms with Crippen molar-refractivity contribution in [2.75, 3.05) is 7.11 Å². The summed E-state index contributed by atoms with van der Waals surface area (Å²) in [5, 5.41) is 9.64. The van der Waals surface area contributed by atoms with Crippen molar-refractivity contribution in [3.63, 3.8) is 0 Å². The van der Waals surface area contributed by atoms with Gasteiger partial charge in [0.15, 0.2) is 0 Å². The predicted molar refractivity (Wildman–Crippen MR) is 57.8 cm³/mol. The zero-order valence-electron chi connectivity index (χ0n) is 9.29. The van der Waals surface area contributed by atoms with E-state index in [9.17, 15) is 5.11 Å². The van der Waals surface area contributed by atoms with E-state index in [-0.39, 0.29) is 5.41 Å². The number of hydrogen-bond donors (Lipinski definition) is 1. The lowest BCUT2D eigenvalue weighted by atomic mass is 9.88. The van der Waals surface area contributed by atoms with Gasteiger partial charge in [0.05, 0.1) is 7.11 Å². The van der Waals surface area contributed by atoms with Crippen LogP contribution >= 0.6 is 0 Å². The molecule has 0 aliphatic carbocycles. The molecule has 1 rings (SSSR count). The van der Waals surface area contributed by atoms with Gasteiger partial charge in [-0.1, -0.05) is 20.8 Å². The Bertz CT molecular complexity index is 311.